The molecule has 124 valence electrons. The molecule has 0 bridgehead atoms. The topological polar surface area (TPSA) is 85.3 Å². The molecule has 0 amide bonds. The Morgan fingerprint density at radius 1 is 1.14 bits per heavy atom. The van der Waals surface area contributed by atoms with E-state index in [-0.39, 0.29) is 15.4 Å². The molecule has 1 aromatic carbocycles. The van der Waals surface area contributed by atoms with E-state index >= 15 is 0 Å². The number of benzene rings is 1. The molecule has 0 aliphatic rings. The Bertz CT molecular complexity index is 795. The third-order valence-electron chi connectivity index (χ3n) is 3.57. The molecular formula is C14H19ClO5S2. The van der Waals surface area contributed by atoms with Crippen LogP contribution in [-0.4, -0.2) is 33.6 Å². The first kappa shape index (κ1) is 19.1. The lowest BCUT2D eigenvalue weighted by Gasteiger charge is -2.16. The van der Waals surface area contributed by atoms with Gasteiger partial charge in [-0.25, -0.2) is 16.8 Å². The van der Waals surface area contributed by atoms with Gasteiger partial charge >= 0.3 is 0 Å². The van der Waals surface area contributed by atoms with Gasteiger partial charge in [0.2, 0.25) is 0 Å². The summed E-state index contributed by atoms with van der Waals surface area (Å²) in [6.45, 7) is 4.96. The number of hydrogen-bond acceptors (Lipinski definition) is 5. The second kappa shape index (κ2) is 6.68. The summed E-state index contributed by atoms with van der Waals surface area (Å²) in [5.41, 5.74) is 0.432. The van der Waals surface area contributed by atoms with Crippen LogP contribution in [0.4, 0.5) is 0 Å². The van der Waals surface area contributed by atoms with Crippen molar-refractivity contribution in [2.75, 3.05) is 6.26 Å². The van der Waals surface area contributed by atoms with Crippen LogP contribution < -0.4 is 0 Å². The zero-order valence-electron chi connectivity index (χ0n) is 12.9. The number of sulfone groups is 2. The van der Waals surface area contributed by atoms with Crippen LogP contribution in [0, 0.1) is 0 Å². The van der Waals surface area contributed by atoms with E-state index < -0.39 is 30.2 Å². The summed E-state index contributed by atoms with van der Waals surface area (Å²) in [4.78, 5) is 10.8. The van der Waals surface area contributed by atoms with E-state index in [0.717, 1.165) is 12.3 Å². The quantitative estimate of drug-likeness (QED) is 0.722. The lowest BCUT2D eigenvalue weighted by atomic mass is 10.1. The summed E-state index contributed by atoms with van der Waals surface area (Å²) >= 11 is 5.48. The van der Waals surface area contributed by atoms with Gasteiger partial charge in [-0.1, -0.05) is 13.8 Å². The maximum atomic E-state index is 12.6. The zero-order valence-corrected chi connectivity index (χ0v) is 15.3. The van der Waals surface area contributed by atoms with Crippen LogP contribution in [0.2, 0.25) is 0 Å². The second-order valence-corrected chi connectivity index (χ2v) is 9.78. The van der Waals surface area contributed by atoms with Crippen molar-refractivity contribution in [1.82, 2.24) is 0 Å². The fourth-order valence-corrected chi connectivity index (χ4v) is 5.28. The molecule has 0 radical (unpaired) electrons. The Morgan fingerprint density at radius 3 is 2.05 bits per heavy atom. The minimum atomic E-state index is -3.83. The smallest absolute Gasteiger partial charge is 0.252 e. The number of halogens is 1. The third kappa shape index (κ3) is 3.70. The van der Waals surface area contributed by atoms with Crippen LogP contribution in [-0.2, 0) is 26.1 Å². The Hall–Kier alpha value is -0.920. The Labute approximate surface area is 136 Å². The lowest BCUT2D eigenvalue weighted by molar-refractivity contribution is 0.108. The molecule has 0 saturated heterocycles. The van der Waals surface area contributed by atoms with Crippen LogP contribution in [0.25, 0.3) is 0 Å². The summed E-state index contributed by atoms with van der Waals surface area (Å²) < 4.78 is 49.1. The largest absolute Gasteiger partial charge is 0.276 e. The average molecular weight is 367 g/mol. The van der Waals surface area contributed by atoms with Gasteiger partial charge in [0, 0.05) is 11.8 Å². The SMILES string of the molecule is CCc1cc(S(=O)(=O)C(C)CC)c(S(C)(=O)=O)cc1C(=O)Cl. The molecule has 0 saturated carbocycles. The van der Waals surface area contributed by atoms with Crippen LogP contribution in [0.3, 0.4) is 0 Å². The van der Waals surface area contributed by atoms with Crippen molar-refractivity contribution < 1.29 is 21.6 Å². The molecule has 1 rings (SSSR count). The molecule has 0 aliphatic heterocycles. The Balaban J connectivity index is 3.89. The minimum absolute atomic E-state index is 0.0210. The molecule has 0 N–H and O–H groups in total. The first-order chi connectivity index (χ1) is 9.96. The lowest BCUT2D eigenvalue weighted by Crippen LogP contribution is -2.20. The molecule has 1 aromatic rings. The highest BCUT2D eigenvalue weighted by Gasteiger charge is 2.30. The Morgan fingerprint density at radius 2 is 1.68 bits per heavy atom. The third-order valence-corrected chi connectivity index (χ3v) is 7.39. The van der Waals surface area contributed by atoms with Gasteiger partial charge in [-0.15, -0.1) is 0 Å². The molecule has 8 heteroatoms. The van der Waals surface area contributed by atoms with Crippen LogP contribution in [0.5, 0.6) is 0 Å². The highest BCUT2D eigenvalue weighted by atomic mass is 35.5. The fourth-order valence-electron chi connectivity index (χ4n) is 2.03. The summed E-state index contributed by atoms with van der Waals surface area (Å²) in [7, 11) is -7.64. The number of aryl methyl sites for hydroxylation is 1. The van der Waals surface area contributed by atoms with E-state index in [0.29, 0.717) is 18.4 Å². The predicted octanol–water partition coefficient (Wildman–Crippen LogP) is 2.60. The first-order valence-electron chi connectivity index (χ1n) is 6.77. The first-order valence-corrected chi connectivity index (χ1v) is 10.6. The van der Waals surface area contributed by atoms with Crippen LogP contribution >= 0.6 is 11.6 Å². The molecule has 0 aromatic heterocycles. The normalized spacial score (nSPS) is 13.9. The molecular weight excluding hydrogens is 348 g/mol. The highest BCUT2D eigenvalue weighted by Crippen LogP contribution is 2.30. The van der Waals surface area contributed by atoms with Crippen molar-refractivity contribution in [2.45, 2.75) is 48.7 Å². The molecule has 22 heavy (non-hydrogen) atoms. The van der Waals surface area contributed by atoms with Gasteiger partial charge in [0.1, 0.15) is 0 Å². The van der Waals surface area contributed by atoms with Crippen LogP contribution in [0.15, 0.2) is 21.9 Å². The fraction of sp³-hybridized carbons (Fsp3) is 0.500. The molecule has 0 aliphatic carbocycles. The van der Waals surface area contributed by atoms with Crippen molar-refractivity contribution >= 4 is 36.5 Å². The van der Waals surface area contributed by atoms with E-state index in [1.807, 2.05) is 0 Å². The van der Waals surface area contributed by atoms with Crippen molar-refractivity contribution in [2.24, 2.45) is 0 Å². The number of rotatable bonds is 6. The van der Waals surface area contributed by atoms with Gasteiger partial charge in [0.05, 0.1) is 15.0 Å². The number of carbonyl (C=O) groups is 1. The van der Waals surface area contributed by atoms with Gasteiger partial charge in [-0.3, -0.25) is 4.79 Å². The molecule has 5 nitrogen and oxygen atoms in total. The van der Waals surface area contributed by atoms with Crippen molar-refractivity contribution in [3.8, 4) is 0 Å². The second-order valence-electron chi connectivity index (χ2n) is 5.12. The van der Waals surface area contributed by atoms with E-state index in [2.05, 4.69) is 0 Å². The summed E-state index contributed by atoms with van der Waals surface area (Å²) in [5.74, 6) is 0. The minimum Gasteiger partial charge on any atom is -0.276 e. The summed E-state index contributed by atoms with van der Waals surface area (Å²) in [6.07, 6.45) is 1.62. The summed E-state index contributed by atoms with van der Waals surface area (Å²) in [5, 5.41) is -1.54. The molecule has 1 atom stereocenters. The molecule has 0 spiro atoms. The standard InChI is InChI=1S/C14H19ClO5S2/c1-5-9(3)22(19,20)13-7-10(6-2)11(14(15)16)8-12(13)21(4,17)18/h7-9H,5-6H2,1-4H3. The van der Waals surface area contributed by atoms with Crippen molar-refractivity contribution in [3.05, 3.63) is 23.3 Å². The molecule has 1 unspecified atom stereocenters. The average Bonchev–Trinajstić information content (AvgIpc) is 2.43. The van der Waals surface area contributed by atoms with Gasteiger partial charge < -0.3 is 0 Å². The van der Waals surface area contributed by atoms with Crippen molar-refractivity contribution in [3.63, 3.8) is 0 Å². The van der Waals surface area contributed by atoms with Crippen LogP contribution in [0.1, 0.15) is 43.1 Å². The van der Waals surface area contributed by atoms with E-state index in [1.54, 1.807) is 13.8 Å². The Kier molecular flexibility index (Phi) is 5.81. The maximum absolute atomic E-state index is 12.6. The monoisotopic (exact) mass is 366 g/mol. The number of carbonyl (C=O) groups excluding carboxylic acids is 1. The van der Waals surface area contributed by atoms with Gasteiger partial charge in [0.25, 0.3) is 5.24 Å². The van der Waals surface area contributed by atoms with Gasteiger partial charge in [-0.2, -0.15) is 0 Å². The summed E-state index contributed by atoms with van der Waals surface area (Å²) in [6, 6.07) is 2.33. The maximum Gasteiger partial charge on any atom is 0.252 e. The van der Waals surface area contributed by atoms with Gasteiger partial charge in [-0.05, 0) is 49.1 Å². The van der Waals surface area contributed by atoms with E-state index in [9.17, 15) is 21.6 Å². The molecule has 0 heterocycles. The number of hydrogen-bond donors (Lipinski definition) is 0. The van der Waals surface area contributed by atoms with Crippen molar-refractivity contribution in [1.29, 1.82) is 0 Å². The zero-order chi connectivity index (χ0) is 17.3. The van der Waals surface area contributed by atoms with Gasteiger partial charge in [0.15, 0.2) is 19.7 Å². The highest BCUT2D eigenvalue weighted by molar-refractivity contribution is 7.94. The van der Waals surface area contributed by atoms with E-state index in [1.165, 1.54) is 13.0 Å². The predicted molar refractivity (Wildman–Crippen MR) is 86.1 cm³/mol. The molecule has 0 fully saturated rings. The van der Waals surface area contributed by atoms with E-state index in [4.69, 9.17) is 11.6 Å².